The number of nitrogens with zero attached hydrogens (tertiary/aromatic N) is 2. The van der Waals surface area contributed by atoms with Crippen LogP contribution in [-0.4, -0.2) is 23.1 Å². The molecule has 0 aliphatic heterocycles. The van der Waals surface area contributed by atoms with Crippen molar-refractivity contribution in [1.29, 1.82) is 0 Å². The molecule has 0 unspecified atom stereocenters. The smallest absolute Gasteiger partial charge is 0.274 e. The number of unbranched alkanes of at least 4 members (excludes halogenated alkanes) is 4. The zero-order chi connectivity index (χ0) is 22.7. The number of aryl methyl sites for hydroxylation is 2. The molecule has 0 spiro atoms. The molecule has 0 radical (unpaired) electrons. The van der Waals surface area contributed by atoms with Gasteiger partial charge in [0.2, 0.25) is 0 Å². The highest BCUT2D eigenvalue weighted by Crippen LogP contribution is 2.29. The Hall–Kier alpha value is -2.86. The molecule has 2 heterocycles. The summed E-state index contributed by atoms with van der Waals surface area (Å²) in [5, 5.41) is 0. The summed E-state index contributed by atoms with van der Waals surface area (Å²) in [5.74, 6) is 1.41. The lowest BCUT2D eigenvalue weighted by atomic mass is 10.1. The van der Waals surface area contributed by atoms with E-state index in [0.717, 1.165) is 39.3 Å². The second-order valence-corrected chi connectivity index (χ2v) is 9.25. The molecule has 0 atom stereocenters. The Labute approximate surface area is 192 Å². The van der Waals surface area contributed by atoms with E-state index in [1.807, 2.05) is 36.4 Å². The number of methoxy groups -OCH3 is 1. The molecule has 32 heavy (non-hydrogen) atoms. The molecule has 0 N–H and O–H groups in total. The van der Waals surface area contributed by atoms with Crippen molar-refractivity contribution >= 4 is 33.4 Å². The van der Waals surface area contributed by atoms with Gasteiger partial charge in [-0.15, -0.1) is 0 Å². The van der Waals surface area contributed by atoms with Crippen molar-refractivity contribution in [2.24, 2.45) is 0 Å². The Morgan fingerprint density at radius 1 is 1.03 bits per heavy atom. The van der Waals surface area contributed by atoms with E-state index in [4.69, 9.17) is 9.47 Å². The van der Waals surface area contributed by atoms with Gasteiger partial charge in [0.15, 0.2) is 16.5 Å². The minimum atomic E-state index is -0.0397. The molecule has 4 rings (SSSR count). The Morgan fingerprint density at radius 3 is 2.59 bits per heavy atom. The number of imidazole rings is 1. The van der Waals surface area contributed by atoms with Crippen LogP contribution >= 0.6 is 11.3 Å². The topological polar surface area (TPSA) is 52.8 Å². The molecular formula is C26H30N2O3S. The summed E-state index contributed by atoms with van der Waals surface area (Å²) in [6.45, 7) is 7.02. The minimum Gasteiger partial charge on any atom is -0.493 e. The number of rotatable bonds is 9. The number of aromatic nitrogens is 2. The molecule has 0 saturated heterocycles. The van der Waals surface area contributed by atoms with Crippen molar-refractivity contribution in [2.75, 3.05) is 13.7 Å². The largest absolute Gasteiger partial charge is 0.493 e. The van der Waals surface area contributed by atoms with Crippen molar-refractivity contribution < 1.29 is 9.47 Å². The molecular weight excluding hydrogens is 420 g/mol. The van der Waals surface area contributed by atoms with Gasteiger partial charge < -0.3 is 9.47 Å². The van der Waals surface area contributed by atoms with E-state index in [-0.39, 0.29) is 5.56 Å². The van der Waals surface area contributed by atoms with Crippen LogP contribution in [0.25, 0.3) is 22.1 Å². The van der Waals surface area contributed by atoms with Crippen LogP contribution < -0.4 is 19.6 Å². The fraction of sp³-hybridized carbons (Fsp3) is 0.385. The number of thiazole rings is 1. The van der Waals surface area contributed by atoms with Gasteiger partial charge in [0.1, 0.15) is 0 Å². The van der Waals surface area contributed by atoms with E-state index in [2.05, 4.69) is 25.8 Å². The van der Waals surface area contributed by atoms with Crippen molar-refractivity contribution in [2.45, 2.75) is 52.9 Å². The van der Waals surface area contributed by atoms with Crippen molar-refractivity contribution in [1.82, 2.24) is 9.38 Å². The zero-order valence-corrected chi connectivity index (χ0v) is 20.1. The predicted molar refractivity (Wildman–Crippen MR) is 132 cm³/mol. The Morgan fingerprint density at radius 2 is 1.81 bits per heavy atom. The van der Waals surface area contributed by atoms with Gasteiger partial charge in [-0.25, -0.2) is 9.38 Å². The number of hydrogen-bond acceptors (Lipinski definition) is 5. The fourth-order valence-electron chi connectivity index (χ4n) is 3.85. The monoisotopic (exact) mass is 450 g/mol. The molecule has 4 aromatic rings. The molecule has 0 saturated carbocycles. The van der Waals surface area contributed by atoms with Gasteiger partial charge >= 0.3 is 0 Å². The molecule has 0 aliphatic rings. The lowest BCUT2D eigenvalue weighted by Crippen LogP contribution is -2.22. The Bertz CT molecular complexity index is 1350. The molecule has 2 aromatic heterocycles. The highest BCUT2D eigenvalue weighted by Gasteiger charge is 2.13. The van der Waals surface area contributed by atoms with Crippen molar-refractivity contribution in [3.63, 3.8) is 0 Å². The van der Waals surface area contributed by atoms with Crippen LogP contribution in [0.3, 0.4) is 0 Å². The zero-order valence-electron chi connectivity index (χ0n) is 19.2. The average Bonchev–Trinajstić information content (AvgIpc) is 3.27. The predicted octanol–water partition coefficient (Wildman–Crippen LogP) is 5.43. The maximum atomic E-state index is 13.1. The van der Waals surface area contributed by atoms with E-state index >= 15 is 0 Å². The molecule has 2 aromatic carbocycles. The fourth-order valence-corrected chi connectivity index (χ4v) is 4.84. The van der Waals surface area contributed by atoms with Crippen LogP contribution in [-0.2, 0) is 0 Å². The van der Waals surface area contributed by atoms with E-state index < -0.39 is 0 Å². The van der Waals surface area contributed by atoms with Gasteiger partial charge in [-0.1, -0.05) is 50.0 Å². The lowest BCUT2D eigenvalue weighted by molar-refractivity contribution is 0.285. The molecule has 6 heteroatoms. The third-order valence-corrected chi connectivity index (χ3v) is 6.81. The van der Waals surface area contributed by atoms with Gasteiger partial charge in [0.25, 0.3) is 5.56 Å². The quantitative estimate of drug-likeness (QED) is 0.319. The van der Waals surface area contributed by atoms with Crippen molar-refractivity contribution in [3.05, 3.63) is 61.9 Å². The summed E-state index contributed by atoms with van der Waals surface area (Å²) < 4.78 is 13.8. The van der Waals surface area contributed by atoms with Crippen LogP contribution in [0.5, 0.6) is 11.5 Å². The molecule has 0 fully saturated rings. The minimum absolute atomic E-state index is 0.0397. The summed E-state index contributed by atoms with van der Waals surface area (Å²) in [6.07, 6.45) is 7.88. The summed E-state index contributed by atoms with van der Waals surface area (Å²) in [7, 11) is 1.64. The summed E-state index contributed by atoms with van der Waals surface area (Å²) >= 11 is 1.41. The van der Waals surface area contributed by atoms with Gasteiger partial charge in [0, 0.05) is 0 Å². The number of benzene rings is 2. The van der Waals surface area contributed by atoms with Gasteiger partial charge in [-0.05, 0) is 67.3 Å². The average molecular weight is 451 g/mol. The Balaban J connectivity index is 1.60. The Kier molecular flexibility index (Phi) is 6.80. The molecule has 0 amide bonds. The lowest BCUT2D eigenvalue weighted by Gasteiger charge is -2.11. The SMILES string of the molecule is CCCCCCCOc1ccc(C=c2sc3nc4cc(C)c(C)cc4n3c2=O)cc1OC. The first-order valence-corrected chi connectivity index (χ1v) is 12.1. The summed E-state index contributed by atoms with van der Waals surface area (Å²) in [4.78, 5) is 18.5. The van der Waals surface area contributed by atoms with Gasteiger partial charge in [-0.2, -0.15) is 0 Å². The maximum Gasteiger partial charge on any atom is 0.274 e. The highest BCUT2D eigenvalue weighted by atomic mass is 32.1. The van der Waals surface area contributed by atoms with E-state index in [9.17, 15) is 4.79 Å². The molecule has 5 nitrogen and oxygen atoms in total. The van der Waals surface area contributed by atoms with E-state index in [1.54, 1.807) is 11.5 Å². The maximum absolute atomic E-state index is 13.1. The number of hydrogen-bond donors (Lipinski definition) is 0. The summed E-state index contributed by atoms with van der Waals surface area (Å²) in [5.41, 5.74) is 4.92. The van der Waals surface area contributed by atoms with Gasteiger partial charge in [-0.3, -0.25) is 4.79 Å². The standard InChI is InChI=1S/C26H30N2O3S/c1-5-6-7-8-9-12-31-22-11-10-19(15-23(22)30-4)16-24-25(29)28-21-14-18(3)17(2)13-20(21)27-26(28)32-24/h10-11,13-16H,5-9,12H2,1-4H3. The highest BCUT2D eigenvalue weighted by molar-refractivity contribution is 7.15. The van der Waals surface area contributed by atoms with Crippen LogP contribution in [0.15, 0.2) is 35.1 Å². The second kappa shape index (κ2) is 9.74. The normalized spacial score (nSPS) is 12.2. The van der Waals surface area contributed by atoms with E-state index in [1.165, 1.54) is 42.6 Å². The van der Waals surface area contributed by atoms with Crippen molar-refractivity contribution in [3.8, 4) is 11.5 Å². The van der Waals surface area contributed by atoms with Crippen LogP contribution in [0.2, 0.25) is 0 Å². The second-order valence-electron chi connectivity index (χ2n) is 8.24. The molecule has 0 bridgehead atoms. The van der Waals surface area contributed by atoms with Crippen LogP contribution in [0.4, 0.5) is 0 Å². The third kappa shape index (κ3) is 4.51. The van der Waals surface area contributed by atoms with Gasteiger partial charge in [0.05, 0.1) is 29.3 Å². The molecule has 0 aliphatic carbocycles. The molecule has 168 valence electrons. The van der Waals surface area contributed by atoms with Crippen LogP contribution in [0.1, 0.15) is 55.7 Å². The first-order chi connectivity index (χ1) is 15.5. The number of fused-ring (bicyclic) bond motifs is 3. The summed E-state index contributed by atoms with van der Waals surface area (Å²) in [6, 6.07) is 9.88. The first kappa shape index (κ1) is 22.3. The van der Waals surface area contributed by atoms with Crippen LogP contribution in [0, 0.1) is 13.8 Å². The third-order valence-electron chi connectivity index (χ3n) is 5.85. The first-order valence-electron chi connectivity index (χ1n) is 11.3. The number of ether oxygens (including phenoxy) is 2. The van der Waals surface area contributed by atoms with E-state index in [0.29, 0.717) is 16.9 Å².